The van der Waals surface area contributed by atoms with Gasteiger partial charge in [0.25, 0.3) is 0 Å². The van der Waals surface area contributed by atoms with Gasteiger partial charge in [-0.3, -0.25) is 0 Å². The minimum absolute atomic E-state index is 1.06. The predicted octanol–water partition coefficient (Wildman–Crippen LogP) is 5.71. The predicted molar refractivity (Wildman–Crippen MR) is 106 cm³/mol. The van der Waals surface area contributed by atoms with Crippen LogP contribution in [0.25, 0.3) is 22.4 Å². The van der Waals surface area contributed by atoms with E-state index in [2.05, 4.69) is 78.6 Å². The Morgan fingerprint density at radius 2 is 1.44 bits per heavy atom. The lowest BCUT2D eigenvalue weighted by molar-refractivity contribution is 0.574. The minimum Gasteiger partial charge on any atom is -0.357 e. The molecular formula is C23H24N2. The van der Waals surface area contributed by atoms with Crippen LogP contribution in [0.4, 0.5) is 5.82 Å². The molecule has 0 atom stereocenters. The smallest absolute Gasteiger partial charge is 0.129 e. The van der Waals surface area contributed by atoms with Crippen molar-refractivity contribution in [1.29, 1.82) is 0 Å². The van der Waals surface area contributed by atoms with Crippen molar-refractivity contribution < 1.29 is 0 Å². The fourth-order valence-corrected chi connectivity index (χ4v) is 3.47. The summed E-state index contributed by atoms with van der Waals surface area (Å²) in [5, 5.41) is 0. The SMILES string of the molecule is Cc1ccc(-c2cc(-c3ccccc3)cc(N3CCCCC3)n2)cc1. The molecule has 0 aliphatic carbocycles. The summed E-state index contributed by atoms with van der Waals surface area (Å²) >= 11 is 0. The van der Waals surface area contributed by atoms with E-state index in [1.165, 1.54) is 41.5 Å². The second-order valence-corrected chi connectivity index (χ2v) is 6.88. The Balaban J connectivity index is 1.81. The molecule has 2 nitrogen and oxygen atoms in total. The number of aromatic nitrogens is 1. The van der Waals surface area contributed by atoms with Crippen LogP contribution in [0.3, 0.4) is 0 Å². The van der Waals surface area contributed by atoms with Crippen molar-refractivity contribution in [1.82, 2.24) is 4.98 Å². The van der Waals surface area contributed by atoms with Crippen molar-refractivity contribution in [3.05, 3.63) is 72.3 Å². The van der Waals surface area contributed by atoms with Crippen LogP contribution in [0.5, 0.6) is 0 Å². The normalized spacial score (nSPS) is 14.5. The average molecular weight is 328 g/mol. The van der Waals surface area contributed by atoms with Gasteiger partial charge in [0.1, 0.15) is 5.82 Å². The molecule has 0 N–H and O–H groups in total. The summed E-state index contributed by atoms with van der Waals surface area (Å²) in [6, 6.07) is 23.7. The molecule has 4 rings (SSSR count). The van der Waals surface area contributed by atoms with Gasteiger partial charge < -0.3 is 4.90 Å². The zero-order valence-corrected chi connectivity index (χ0v) is 14.8. The van der Waals surface area contributed by atoms with Crippen LogP contribution < -0.4 is 4.90 Å². The highest BCUT2D eigenvalue weighted by atomic mass is 15.2. The number of piperidine rings is 1. The highest BCUT2D eigenvalue weighted by molar-refractivity contribution is 5.74. The van der Waals surface area contributed by atoms with E-state index in [0.29, 0.717) is 0 Å². The molecule has 3 aromatic rings. The Kier molecular flexibility index (Phi) is 4.51. The van der Waals surface area contributed by atoms with Crippen LogP contribution in [0.1, 0.15) is 24.8 Å². The summed E-state index contributed by atoms with van der Waals surface area (Å²) in [6.45, 7) is 4.34. The second kappa shape index (κ2) is 7.10. The first-order valence-corrected chi connectivity index (χ1v) is 9.19. The Hall–Kier alpha value is -2.61. The van der Waals surface area contributed by atoms with E-state index in [-0.39, 0.29) is 0 Å². The lowest BCUT2D eigenvalue weighted by Gasteiger charge is -2.28. The number of aryl methyl sites for hydroxylation is 1. The summed E-state index contributed by atoms with van der Waals surface area (Å²) in [5.74, 6) is 1.11. The van der Waals surface area contributed by atoms with E-state index in [4.69, 9.17) is 4.98 Å². The number of nitrogens with zero attached hydrogens (tertiary/aromatic N) is 2. The van der Waals surface area contributed by atoms with Gasteiger partial charge in [0.2, 0.25) is 0 Å². The minimum atomic E-state index is 1.06. The van der Waals surface area contributed by atoms with E-state index in [1.807, 2.05) is 0 Å². The molecule has 0 bridgehead atoms. The van der Waals surface area contributed by atoms with Crippen LogP contribution in [0.2, 0.25) is 0 Å². The van der Waals surface area contributed by atoms with Crippen LogP contribution in [0.15, 0.2) is 66.7 Å². The molecule has 0 unspecified atom stereocenters. The Morgan fingerprint density at radius 1 is 0.720 bits per heavy atom. The van der Waals surface area contributed by atoms with Crippen LogP contribution in [0, 0.1) is 6.92 Å². The van der Waals surface area contributed by atoms with Gasteiger partial charge in [-0.25, -0.2) is 4.98 Å². The quantitative estimate of drug-likeness (QED) is 0.612. The van der Waals surface area contributed by atoms with Crippen molar-refractivity contribution in [2.75, 3.05) is 18.0 Å². The maximum absolute atomic E-state index is 5.01. The molecule has 2 heteroatoms. The monoisotopic (exact) mass is 328 g/mol. The molecule has 2 heterocycles. The Bertz CT molecular complexity index is 832. The van der Waals surface area contributed by atoms with Gasteiger partial charge in [0, 0.05) is 18.7 Å². The van der Waals surface area contributed by atoms with Gasteiger partial charge in [0.05, 0.1) is 5.69 Å². The van der Waals surface area contributed by atoms with Gasteiger partial charge in [-0.1, -0.05) is 60.2 Å². The maximum atomic E-state index is 5.01. The van der Waals surface area contributed by atoms with E-state index in [0.717, 1.165) is 24.6 Å². The zero-order chi connectivity index (χ0) is 17.1. The number of benzene rings is 2. The molecular weight excluding hydrogens is 304 g/mol. The molecule has 0 radical (unpaired) electrons. The van der Waals surface area contributed by atoms with E-state index in [1.54, 1.807) is 0 Å². The number of anilines is 1. The second-order valence-electron chi connectivity index (χ2n) is 6.88. The highest BCUT2D eigenvalue weighted by Crippen LogP contribution is 2.30. The fourth-order valence-electron chi connectivity index (χ4n) is 3.47. The molecule has 1 aliphatic rings. The average Bonchev–Trinajstić information content (AvgIpc) is 2.69. The first-order valence-electron chi connectivity index (χ1n) is 9.19. The molecule has 2 aromatic carbocycles. The number of hydrogen-bond acceptors (Lipinski definition) is 2. The zero-order valence-electron chi connectivity index (χ0n) is 14.8. The fraction of sp³-hybridized carbons (Fsp3) is 0.261. The topological polar surface area (TPSA) is 16.1 Å². The van der Waals surface area contributed by atoms with E-state index < -0.39 is 0 Å². The molecule has 1 aliphatic heterocycles. The number of pyridine rings is 1. The summed E-state index contributed by atoms with van der Waals surface area (Å²) in [6.07, 6.45) is 3.86. The molecule has 126 valence electrons. The molecule has 1 aromatic heterocycles. The van der Waals surface area contributed by atoms with Gasteiger partial charge in [-0.2, -0.15) is 0 Å². The van der Waals surface area contributed by atoms with Gasteiger partial charge in [-0.05, 0) is 49.4 Å². The van der Waals surface area contributed by atoms with E-state index in [9.17, 15) is 0 Å². The summed E-state index contributed by atoms with van der Waals surface area (Å²) < 4.78 is 0. The molecule has 1 fully saturated rings. The molecule has 0 amide bonds. The van der Waals surface area contributed by atoms with E-state index >= 15 is 0 Å². The summed E-state index contributed by atoms with van der Waals surface area (Å²) in [5.41, 5.74) is 6.01. The van der Waals surface area contributed by atoms with Crippen molar-refractivity contribution in [2.45, 2.75) is 26.2 Å². The maximum Gasteiger partial charge on any atom is 0.129 e. The lowest BCUT2D eigenvalue weighted by atomic mass is 10.0. The van der Waals surface area contributed by atoms with Gasteiger partial charge in [0.15, 0.2) is 0 Å². The summed E-state index contributed by atoms with van der Waals surface area (Å²) in [7, 11) is 0. The first-order chi connectivity index (χ1) is 12.3. The number of hydrogen-bond donors (Lipinski definition) is 0. The molecule has 25 heavy (non-hydrogen) atoms. The summed E-state index contributed by atoms with van der Waals surface area (Å²) in [4.78, 5) is 7.45. The highest BCUT2D eigenvalue weighted by Gasteiger charge is 2.15. The third-order valence-corrected chi connectivity index (χ3v) is 4.95. The Morgan fingerprint density at radius 3 is 2.16 bits per heavy atom. The standard InChI is InChI=1S/C23H24N2/c1-18-10-12-20(13-11-18)22-16-21(19-8-4-2-5-9-19)17-23(24-22)25-14-6-3-7-15-25/h2,4-5,8-13,16-17H,3,6-7,14-15H2,1H3. The van der Waals surface area contributed by atoms with Gasteiger partial charge in [-0.15, -0.1) is 0 Å². The van der Waals surface area contributed by atoms with Crippen molar-refractivity contribution in [2.24, 2.45) is 0 Å². The van der Waals surface area contributed by atoms with Crippen LogP contribution >= 0.6 is 0 Å². The molecule has 0 saturated carbocycles. The molecule has 1 saturated heterocycles. The third kappa shape index (κ3) is 3.58. The number of rotatable bonds is 3. The lowest BCUT2D eigenvalue weighted by Crippen LogP contribution is -2.30. The molecule has 0 spiro atoms. The van der Waals surface area contributed by atoms with Crippen molar-refractivity contribution in [3.8, 4) is 22.4 Å². The van der Waals surface area contributed by atoms with Crippen molar-refractivity contribution in [3.63, 3.8) is 0 Å². The Labute approximate surface area is 150 Å². The largest absolute Gasteiger partial charge is 0.357 e. The van der Waals surface area contributed by atoms with Crippen molar-refractivity contribution >= 4 is 5.82 Å². The first kappa shape index (κ1) is 15.9. The van der Waals surface area contributed by atoms with Crippen LogP contribution in [-0.2, 0) is 0 Å². The van der Waals surface area contributed by atoms with Gasteiger partial charge >= 0.3 is 0 Å². The third-order valence-electron chi connectivity index (χ3n) is 4.95. The van der Waals surface area contributed by atoms with Crippen LogP contribution in [-0.4, -0.2) is 18.1 Å².